The van der Waals surface area contributed by atoms with Gasteiger partial charge in [0.15, 0.2) is 18.5 Å². The van der Waals surface area contributed by atoms with Gasteiger partial charge in [0.2, 0.25) is 0 Å². The van der Waals surface area contributed by atoms with Crippen LogP contribution in [0, 0.1) is 0 Å². The lowest BCUT2D eigenvalue weighted by Gasteiger charge is -2.44. The molecule has 0 aromatic rings. The minimum Gasteiger partial charge on any atom is -0.479 e. The third kappa shape index (κ3) is 6.95. The Morgan fingerprint density at radius 1 is 0.935 bits per heavy atom. The van der Waals surface area contributed by atoms with E-state index in [1.165, 1.54) is 0 Å². The molecule has 31 heavy (non-hydrogen) atoms. The van der Waals surface area contributed by atoms with E-state index in [-0.39, 0.29) is 0 Å². The van der Waals surface area contributed by atoms with Crippen molar-refractivity contribution in [3.63, 3.8) is 0 Å². The first-order valence-corrected chi connectivity index (χ1v) is 11.0. The molecule has 2 saturated heterocycles. The standard InChI is InChI=1S/C12H20O17S2/c13-3-1-25-10(11(17)18)8(5(3)14)28-12-9(29-31(22,23)24)7(16)6(15)4(27-12)2-26-30(19,20)21/h3-10,12-16H,1-2H2,(H,17,18)(H,19,20,21)(H,22,23,24). The average Bonchev–Trinajstić information content (AvgIpc) is 2.62. The van der Waals surface area contributed by atoms with Gasteiger partial charge in [-0.25, -0.2) is 13.2 Å². The number of aliphatic carboxylic acids is 1. The monoisotopic (exact) mass is 500 g/mol. The van der Waals surface area contributed by atoms with Gasteiger partial charge >= 0.3 is 26.8 Å². The second-order valence-corrected chi connectivity index (χ2v) is 8.61. The Balaban J connectivity index is 2.33. The van der Waals surface area contributed by atoms with Crippen LogP contribution in [0.5, 0.6) is 0 Å². The van der Waals surface area contributed by atoms with Crippen molar-refractivity contribution in [2.24, 2.45) is 0 Å². The number of hydrogen-bond donors (Lipinski definition) is 7. The van der Waals surface area contributed by atoms with E-state index in [1.807, 2.05) is 0 Å². The first-order chi connectivity index (χ1) is 14.1. The Hall–Kier alpha value is -1.07. The maximum Gasteiger partial charge on any atom is 0.397 e. The maximum atomic E-state index is 11.4. The molecule has 2 aliphatic heterocycles. The summed E-state index contributed by atoms with van der Waals surface area (Å²) in [5, 5.41) is 49.1. The molecule has 2 aliphatic rings. The molecule has 0 aromatic carbocycles. The molecule has 9 atom stereocenters. The van der Waals surface area contributed by atoms with Crippen molar-refractivity contribution in [3.8, 4) is 0 Å². The van der Waals surface area contributed by atoms with Gasteiger partial charge in [0.05, 0.1) is 13.2 Å². The fourth-order valence-corrected chi connectivity index (χ4v) is 3.65. The van der Waals surface area contributed by atoms with Crippen LogP contribution in [-0.4, -0.2) is 126 Å². The van der Waals surface area contributed by atoms with Crippen molar-refractivity contribution in [1.29, 1.82) is 0 Å². The van der Waals surface area contributed by atoms with Gasteiger partial charge in [0.1, 0.15) is 36.6 Å². The van der Waals surface area contributed by atoms with Crippen LogP contribution < -0.4 is 0 Å². The highest BCUT2D eigenvalue weighted by Crippen LogP contribution is 2.30. The summed E-state index contributed by atoms with van der Waals surface area (Å²) in [6.45, 7) is -1.75. The highest BCUT2D eigenvalue weighted by atomic mass is 32.3. The fourth-order valence-electron chi connectivity index (χ4n) is 2.86. The lowest BCUT2D eigenvalue weighted by Crippen LogP contribution is -2.64. The van der Waals surface area contributed by atoms with Crippen molar-refractivity contribution in [3.05, 3.63) is 0 Å². The third-order valence-corrected chi connectivity index (χ3v) is 5.17. The van der Waals surface area contributed by atoms with Crippen LogP contribution in [-0.2, 0) is 48.2 Å². The van der Waals surface area contributed by atoms with Crippen LogP contribution in [0.1, 0.15) is 0 Å². The zero-order valence-corrected chi connectivity index (χ0v) is 16.8. The molecule has 7 N–H and O–H groups in total. The molecule has 2 heterocycles. The zero-order valence-electron chi connectivity index (χ0n) is 15.1. The lowest BCUT2D eigenvalue weighted by molar-refractivity contribution is -0.329. The molecule has 0 aliphatic carbocycles. The SMILES string of the molecule is O=C(O)C1OCC(O)C(O)C1OC1OC(COS(=O)(=O)O)C(O)C(O)C1OS(=O)(=O)O. The molecule has 0 radical (unpaired) electrons. The summed E-state index contributed by atoms with van der Waals surface area (Å²) in [5.41, 5.74) is 0. The lowest BCUT2D eigenvalue weighted by atomic mass is 9.97. The molecular formula is C12H20O17S2. The number of rotatable bonds is 8. The second-order valence-electron chi connectivity index (χ2n) is 6.48. The fraction of sp³-hybridized carbons (Fsp3) is 0.917. The molecule has 17 nitrogen and oxygen atoms in total. The number of carboxylic acid groups (broad SMARTS) is 1. The van der Waals surface area contributed by atoms with Gasteiger partial charge in [-0.15, -0.1) is 0 Å². The number of hydrogen-bond acceptors (Lipinski definition) is 14. The smallest absolute Gasteiger partial charge is 0.397 e. The molecule has 19 heteroatoms. The Kier molecular flexibility index (Phi) is 8.30. The van der Waals surface area contributed by atoms with E-state index in [0.717, 1.165) is 0 Å². The summed E-state index contributed by atoms with van der Waals surface area (Å²) >= 11 is 0. The van der Waals surface area contributed by atoms with Gasteiger partial charge < -0.3 is 39.7 Å². The first kappa shape index (κ1) is 26.2. The number of aliphatic hydroxyl groups is 4. The Bertz CT molecular complexity index is 839. The van der Waals surface area contributed by atoms with E-state index < -0.39 is 95.1 Å². The summed E-state index contributed by atoms with van der Waals surface area (Å²) in [7, 11) is -10.4. The molecule has 0 spiro atoms. The van der Waals surface area contributed by atoms with Crippen LogP contribution in [0.25, 0.3) is 0 Å². The Morgan fingerprint density at radius 2 is 1.55 bits per heavy atom. The van der Waals surface area contributed by atoms with E-state index in [4.69, 9.17) is 23.3 Å². The predicted molar refractivity (Wildman–Crippen MR) is 88.9 cm³/mol. The molecule has 2 fully saturated rings. The number of aliphatic hydroxyl groups excluding tert-OH is 4. The van der Waals surface area contributed by atoms with Crippen LogP contribution in [0.15, 0.2) is 0 Å². The van der Waals surface area contributed by atoms with E-state index in [2.05, 4.69) is 8.37 Å². The Morgan fingerprint density at radius 3 is 2.06 bits per heavy atom. The molecule has 0 aromatic heterocycles. The first-order valence-electron chi connectivity index (χ1n) is 8.26. The van der Waals surface area contributed by atoms with E-state index in [0.29, 0.717) is 0 Å². The highest BCUT2D eigenvalue weighted by Gasteiger charge is 2.52. The van der Waals surface area contributed by atoms with Crippen LogP contribution in [0.2, 0.25) is 0 Å². The largest absolute Gasteiger partial charge is 0.479 e. The molecular weight excluding hydrogens is 480 g/mol. The van der Waals surface area contributed by atoms with Gasteiger partial charge in [0, 0.05) is 0 Å². The molecule has 0 saturated carbocycles. The normalized spacial score (nSPS) is 39.9. The van der Waals surface area contributed by atoms with Crippen molar-refractivity contribution in [2.75, 3.05) is 13.2 Å². The minimum absolute atomic E-state index is 0.610. The van der Waals surface area contributed by atoms with E-state index >= 15 is 0 Å². The van der Waals surface area contributed by atoms with Crippen molar-refractivity contribution < 1.29 is 78.8 Å². The van der Waals surface area contributed by atoms with Crippen molar-refractivity contribution in [2.45, 2.75) is 55.1 Å². The minimum atomic E-state index is -5.32. The van der Waals surface area contributed by atoms with Gasteiger partial charge in [-0.3, -0.25) is 9.11 Å². The molecule has 182 valence electrons. The number of carbonyl (C=O) groups is 1. The zero-order chi connectivity index (χ0) is 23.7. The summed E-state index contributed by atoms with van der Waals surface area (Å²) < 4.78 is 84.5. The topological polar surface area (TPSA) is 273 Å². The van der Waals surface area contributed by atoms with Crippen LogP contribution >= 0.6 is 0 Å². The maximum absolute atomic E-state index is 11.4. The molecule has 2 rings (SSSR count). The van der Waals surface area contributed by atoms with Crippen molar-refractivity contribution in [1.82, 2.24) is 0 Å². The second kappa shape index (κ2) is 9.82. The van der Waals surface area contributed by atoms with Gasteiger partial charge in [0.25, 0.3) is 0 Å². The van der Waals surface area contributed by atoms with Crippen molar-refractivity contribution >= 4 is 26.8 Å². The summed E-state index contributed by atoms with van der Waals surface area (Å²) in [6, 6.07) is 0. The third-order valence-electron chi connectivity index (χ3n) is 4.27. The molecule has 9 unspecified atom stereocenters. The number of ether oxygens (including phenoxy) is 3. The van der Waals surface area contributed by atoms with E-state index in [9.17, 15) is 47.2 Å². The number of carboxylic acids is 1. The van der Waals surface area contributed by atoms with Gasteiger partial charge in [-0.1, -0.05) is 0 Å². The molecule has 0 amide bonds. The Labute approximate surface area is 174 Å². The highest BCUT2D eigenvalue weighted by molar-refractivity contribution is 7.81. The quantitative estimate of drug-likeness (QED) is 0.154. The van der Waals surface area contributed by atoms with Crippen LogP contribution in [0.4, 0.5) is 0 Å². The van der Waals surface area contributed by atoms with Gasteiger partial charge in [-0.05, 0) is 0 Å². The predicted octanol–water partition coefficient (Wildman–Crippen LogP) is -4.97. The summed E-state index contributed by atoms with van der Waals surface area (Å²) in [5.74, 6) is -1.68. The average molecular weight is 500 g/mol. The van der Waals surface area contributed by atoms with E-state index in [1.54, 1.807) is 0 Å². The summed E-state index contributed by atoms with van der Waals surface area (Å²) in [6.07, 6.45) is -18.2. The summed E-state index contributed by atoms with van der Waals surface area (Å²) in [4.78, 5) is 11.4. The van der Waals surface area contributed by atoms with Crippen LogP contribution in [0.3, 0.4) is 0 Å². The molecule has 0 bridgehead atoms. The van der Waals surface area contributed by atoms with Gasteiger partial charge in [-0.2, -0.15) is 16.8 Å².